The molecule has 0 atom stereocenters. The van der Waals surface area contributed by atoms with Gasteiger partial charge in [0.15, 0.2) is 0 Å². The van der Waals surface area contributed by atoms with E-state index in [2.05, 4.69) is 10.6 Å². The molecule has 1 aromatic rings. The third kappa shape index (κ3) is 3.82. The Kier molecular flexibility index (Phi) is 5.05. The molecule has 0 aliphatic heterocycles. The first-order valence-corrected chi connectivity index (χ1v) is 5.36. The highest BCUT2D eigenvalue weighted by Gasteiger charge is 2.08. The van der Waals surface area contributed by atoms with E-state index in [1.807, 2.05) is 24.3 Å². The Bertz CT molecular complexity index is 477. The van der Waals surface area contributed by atoms with E-state index in [1.54, 1.807) is 13.1 Å². The second-order valence-corrected chi connectivity index (χ2v) is 3.64. The van der Waals surface area contributed by atoms with Crippen LogP contribution >= 0.6 is 11.6 Å². The molecule has 1 aromatic carbocycles. The molecule has 4 nitrogen and oxygen atoms in total. The van der Waals surface area contributed by atoms with Gasteiger partial charge in [0, 0.05) is 24.8 Å². The molecule has 0 unspecified atom stereocenters. The highest BCUT2D eigenvalue weighted by Crippen LogP contribution is 2.14. The SMILES string of the molecule is CN/C=C(/C#N)C(=O)NCc1ccccc1Cl. The number of halogens is 1. The van der Waals surface area contributed by atoms with Gasteiger partial charge in [0.05, 0.1) is 0 Å². The lowest BCUT2D eigenvalue weighted by Gasteiger charge is -2.05. The average Bonchev–Trinajstić information content (AvgIpc) is 2.34. The van der Waals surface area contributed by atoms with Crippen molar-refractivity contribution in [2.45, 2.75) is 6.54 Å². The lowest BCUT2D eigenvalue weighted by molar-refractivity contribution is -0.117. The lowest BCUT2D eigenvalue weighted by Crippen LogP contribution is -2.25. The van der Waals surface area contributed by atoms with Crippen molar-refractivity contribution in [1.29, 1.82) is 5.26 Å². The summed E-state index contributed by atoms with van der Waals surface area (Å²) >= 11 is 5.94. The third-order valence-corrected chi connectivity index (χ3v) is 2.42. The van der Waals surface area contributed by atoms with Gasteiger partial charge < -0.3 is 10.6 Å². The van der Waals surface area contributed by atoms with Gasteiger partial charge in [0.1, 0.15) is 11.6 Å². The van der Waals surface area contributed by atoms with Gasteiger partial charge in [-0.05, 0) is 11.6 Å². The minimum Gasteiger partial charge on any atom is -0.393 e. The number of hydrogen-bond acceptors (Lipinski definition) is 3. The molecule has 0 fully saturated rings. The van der Waals surface area contributed by atoms with E-state index in [4.69, 9.17) is 16.9 Å². The Balaban J connectivity index is 2.64. The Hall–Kier alpha value is -1.99. The molecule has 5 heteroatoms. The van der Waals surface area contributed by atoms with Crippen molar-refractivity contribution >= 4 is 17.5 Å². The summed E-state index contributed by atoms with van der Waals surface area (Å²) in [5.74, 6) is -0.429. The van der Waals surface area contributed by atoms with Crippen molar-refractivity contribution in [3.05, 3.63) is 46.6 Å². The van der Waals surface area contributed by atoms with Crippen LogP contribution in [0.15, 0.2) is 36.0 Å². The lowest BCUT2D eigenvalue weighted by atomic mass is 10.2. The average molecular weight is 250 g/mol. The van der Waals surface area contributed by atoms with E-state index in [0.29, 0.717) is 11.6 Å². The monoisotopic (exact) mass is 249 g/mol. The summed E-state index contributed by atoms with van der Waals surface area (Å²) in [6, 6.07) is 9.02. The highest BCUT2D eigenvalue weighted by molar-refractivity contribution is 6.31. The molecule has 0 spiro atoms. The molecule has 0 bridgehead atoms. The number of hydrogen-bond donors (Lipinski definition) is 2. The summed E-state index contributed by atoms with van der Waals surface area (Å²) in [7, 11) is 1.62. The number of carbonyl (C=O) groups is 1. The predicted molar refractivity (Wildman–Crippen MR) is 66.1 cm³/mol. The van der Waals surface area contributed by atoms with Crippen LogP contribution in [-0.2, 0) is 11.3 Å². The van der Waals surface area contributed by atoms with Gasteiger partial charge in [-0.3, -0.25) is 4.79 Å². The molecule has 1 rings (SSSR count). The van der Waals surface area contributed by atoms with E-state index < -0.39 is 5.91 Å². The van der Waals surface area contributed by atoms with Crippen molar-refractivity contribution in [2.24, 2.45) is 0 Å². The molecular formula is C12H12ClN3O. The van der Waals surface area contributed by atoms with E-state index >= 15 is 0 Å². The van der Waals surface area contributed by atoms with Gasteiger partial charge in [-0.25, -0.2) is 0 Å². The van der Waals surface area contributed by atoms with E-state index in [0.717, 1.165) is 5.56 Å². The largest absolute Gasteiger partial charge is 0.393 e. The third-order valence-electron chi connectivity index (χ3n) is 2.05. The number of nitriles is 1. The Labute approximate surface area is 105 Å². The molecule has 0 aliphatic rings. The number of nitrogens with zero attached hydrogens (tertiary/aromatic N) is 1. The zero-order valence-electron chi connectivity index (χ0n) is 9.33. The standard InChI is InChI=1S/C12H12ClN3O/c1-15-7-10(6-14)12(17)16-8-9-4-2-3-5-11(9)13/h2-5,7,15H,8H2,1H3,(H,16,17)/b10-7-. The molecule has 0 heterocycles. The van der Waals surface area contributed by atoms with E-state index in [-0.39, 0.29) is 5.57 Å². The number of nitrogens with one attached hydrogen (secondary N) is 2. The van der Waals surface area contributed by atoms with Crippen molar-refractivity contribution in [3.63, 3.8) is 0 Å². The fraction of sp³-hybridized carbons (Fsp3) is 0.167. The number of amides is 1. The van der Waals surface area contributed by atoms with Crippen LogP contribution in [0.5, 0.6) is 0 Å². The molecule has 2 N–H and O–H groups in total. The summed E-state index contributed by atoms with van der Waals surface area (Å²) in [4.78, 5) is 11.6. The van der Waals surface area contributed by atoms with Crippen LogP contribution in [0.2, 0.25) is 5.02 Å². The summed E-state index contributed by atoms with van der Waals surface area (Å²) in [5, 5.41) is 14.6. The first-order chi connectivity index (χ1) is 8.19. The zero-order valence-corrected chi connectivity index (χ0v) is 10.1. The van der Waals surface area contributed by atoms with Crippen molar-refractivity contribution in [2.75, 3.05) is 7.05 Å². The van der Waals surface area contributed by atoms with Gasteiger partial charge in [0.2, 0.25) is 0 Å². The molecule has 17 heavy (non-hydrogen) atoms. The van der Waals surface area contributed by atoms with Crippen molar-refractivity contribution in [1.82, 2.24) is 10.6 Å². The van der Waals surface area contributed by atoms with Crippen LogP contribution in [0.3, 0.4) is 0 Å². The molecule has 1 amide bonds. The second-order valence-electron chi connectivity index (χ2n) is 3.23. The minimum atomic E-state index is -0.429. The smallest absolute Gasteiger partial charge is 0.263 e. The van der Waals surface area contributed by atoms with E-state index in [9.17, 15) is 4.79 Å². The van der Waals surface area contributed by atoms with Crippen molar-refractivity contribution < 1.29 is 4.79 Å². The summed E-state index contributed by atoms with van der Waals surface area (Å²) in [6.07, 6.45) is 1.35. The quantitative estimate of drug-likeness (QED) is 0.629. The van der Waals surface area contributed by atoms with Gasteiger partial charge in [-0.15, -0.1) is 0 Å². The number of rotatable bonds is 4. The van der Waals surface area contributed by atoms with Crippen molar-refractivity contribution in [3.8, 4) is 6.07 Å². The maximum absolute atomic E-state index is 11.6. The predicted octanol–water partition coefficient (Wildman–Crippen LogP) is 1.58. The molecular weight excluding hydrogens is 238 g/mol. The highest BCUT2D eigenvalue weighted by atomic mass is 35.5. The summed E-state index contributed by atoms with van der Waals surface area (Å²) in [6.45, 7) is 0.293. The second kappa shape index (κ2) is 6.56. The molecule has 0 aliphatic carbocycles. The minimum absolute atomic E-state index is 0.0274. The Morgan fingerprint density at radius 3 is 2.82 bits per heavy atom. The fourth-order valence-corrected chi connectivity index (χ4v) is 1.41. The maximum atomic E-state index is 11.6. The maximum Gasteiger partial charge on any atom is 0.263 e. The van der Waals surface area contributed by atoms with Crippen LogP contribution in [-0.4, -0.2) is 13.0 Å². The van der Waals surface area contributed by atoms with Crippen LogP contribution in [0, 0.1) is 11.3 Å². The van der Waals surface area contributed by atoms with E-state index in [1.165, 1.54) is 6.20 Å². The van der Waals surface area contributed by atoms with Crippen LogP contribution in [0.4, 0.5) is 0 Å². The molecule has 0 radical (unpaired) electrons. The topological polar surface area (TPSA) is 64.9 Å². The van der Waals surface area contributed by atoms with Gasteiger partial charge >= 0.3 is 0 Å². The first-order valence-electron chi connectivity index (χ1n) is 4.98. The summed E-state index contributed by atoms with van der Waals surface area (Å²) < 4.78 is 0. The Morgan fingerprint density at radius 1 is 1.53 bits per heavy atom. The van der Waals surface area contributed by atoms with Gasteiger partial charge in [-0.2, -0.15) is 5.26 Å². The van der Waals surface area contributed by atoms with Crippen LogP contribution < -0.4 is 10.6 Å². The summed E-state index contributed by atoms with van der Waals surface area (Å²) in [5.41, 5.74) is 0.837. The zero-order chi connectivity index (χ0) is 12.7. The van der Waals surface area contributed by atoms with Crippen LogP contribution in [0.25, 0.3) is 0 Å². The molecule has 0 aromatic heterocycles. The number of benzene rings is 1. The molecule has 0 saturated carbocycles. The Morgan fingerprint density at radius 2 is 2.24 bits per heavy atom. The fourth-order valence-electron chi connectivity index (χ4n) is 1.21. The van der Waals surface area contributed by atoms with Gasteiger partial charge in [0.25, 0.3) is 5.91 Å². The van der Waals surface area contributed by atoms with Gasteiger partial charge in [-0.1, -0.05) is 29.8 Å². The first kappa shape index (κ1) is 13.1. The normalized spacial score (nSPS) is 10.5. The van der Waals surface area contributed by atoms with Crippen LogP contribution in [0.1, 0.15) is 5.56 Å². The number of carbonyl (C=O) groups excluding carboxylic acids is 1. The molecule has 0 saturated heterocycles. The molecule has 88 valence electrons.